The van der Waals surface area contributed by atoms with Gasteiger partial charge in [-0.2, -0.15) is 5.10 Å². The largest absolute Gasteiger partial charge is 0.356 e. The summed E-state index contributed by atoms with van der Waals surface area (Å²) in [4.78, 5) is 0. The van der Waals surface area contributed by atoms with Crippen LogP contribution in [0.4, 0.5) is 0 Å². The highest BCUT2D eigenvalue weighted by atomic mass is 16.5. The van der Waals surface area contributed by atoms with Gasteiger partial charge < -0.3 is 4.52 Å². The highest BCUT2D eigenvalue weighted by molar-refractivity contribution is 5.58. The molecule has 2 aromatic rings. The lowest BCUT2D eigenvalue weighted by Gasteiger charge is -1.98. The Morgan fingerprint density at radius 3 is 2.92 bits per heavy atom. The Hall–Kier alpha value is -1.58. The number of hydrogen-bond acceptors (Lipinski definition) is 3. The van der Waals surface area contributed by atoms with Gasteiger partial charge >= 0.3 is 0 Å². The Kier molecular flexibility index (Phi) is 1.88. The molecular weight excluding hydrogens is 166 g/mol. The van der Waals surface area contributed by atoms with Crippen molar-refractivity contribution in [1.29, 1.82) is 0 Å². The summed E-state index contributed by atoms with van der Waals surface area (Å²) in [6, 6.07) is 1.84. The van der Waals surface area contributed by atoms with E-state index >= 15 is 0 Å². The van der Waals surface area contributed by atoms with Crippen LogP contribution in [0.5, 0.6) is 0 Å². The van der Waals surface area contributed by atoms with Crippen molar-refractivity contribution in [3.8, 4) is 11.3 Å². The molecule has 13 heavy (non-hydrogen) atoms. The van der Waals surface area contributed by atoms with E-state index in [9.17, 15) is 0 Å². The van der Waals surface area contributed by atoms with Crippen LogP contribution in [0.3, 0.4) is 0 Å². The van der Waals surface area contributed by atoms with Crippen molar-refractivity contribution < 1.29 is 4.52 Å². The first kappa shape index (κ1) is 8.04. The van der Waals surface area contributed by atoms with Crippen molar-refractivity contribution in [1.82, 2.24) is 14.9 Å². The third kappa shape index (κ3) is 1.24. The summed E-state index contributed by atoms with van der Waals surface area (Å²) in [7, 11) is 0. The van der Waals surface area contributed by atoms with Gasteiger partial charge in [0.2, 0.25) is 0 Å². The molecular formula is C9H11N3O. The van der Waals surface area contributed by atoms with Crippen molar-refractivity contribution in [2.75, 3.05) is 0 Å². The second-order valence-electron chi connectivity index (χ2n) is 2.84. The number of nitrogens with zero attached hydrogens (tertiary/aromatic N) is 3. The summed E-state index contributed by atoms with van der Waals surface area (Å²) >= 11 is 0. The predicted octanol–water partition coefficient (Wildman–Crippen LogP) is 1.87. The van der Waals surface area contributed by atoms with E-state index in [1.807, 2.05) is 17.7 Å². The smallest absolute Gasteiger partial charge is 0.170 e. The first-order chi connectivity index (χ1) is 6.33. The minimum Gasteiger partial charge on any atom is -0.356 e. The predicted molar refractivity (Wildman–Crippen MR) is 48.1 cm³/mol. The van der Waals surface area contributed by atoms with Crippen LogP contribution in [0.25, 0.3) is 11.3 Å². The van der Waals surface area contributed by atoms with E-state index in [4.69, 9.17) is 4.52 Å². The molecule has 2 rings (SSSR count). The highest BCUT2D eigenvalue weighted by Crippen LogP contribution is 2.21. The fraction of sp³-hybridized carbons (Fsp3) is 0.333. The zero-order valence-corrected chi connectivity index (χ0v) is 7.69. The fourth-order valence-electron chi connectivity index (χ4n) is 1.36. The maximum absolute atomic E-state index is 5.05. The summed E-state index contributed by atoms with van der Waals surface area (Å²) in [5.41, 5.74) is 2.12. The molecule has 0 saturated heterocycles. The Balaban J connectivity index is 2.48. The molecule has 0 radical (unpaired) electrons. The standard InChI is InChI=1S/C9H11N3O/c1-3-12-7(2)8(6-10-12)9-4-5-11-13-9/h4-6H,3H2,1-2H3. The van der Waals surface area contributed by atoms with Gasteiger partial charge in [0.25, 0.3) is 0 Å². The summed E-state index contributed by atoms with van der Waals surface area (Å²) in [5, 5.41) is 7.88. The van der Waals surface area contributed by atoms with Gasteiger partial charge in [-0.3, -0.25) is 4.68 Å². The lowest BCUT2D eigenvalue weighted by atomic mass is 10.2. The second-order valence-corrected chi connectivity index (χ2v) is 2.84. The molecule has 4 heteroatoms. The first-order valence-corrected chi connectivity index (χ1v) is 4.26. The van der Waals surface area contributed by atoms with Crippen molar-refractivity contribution in [2.24, 2.45) is 0 Å². The molecule has 0 fully saturated rings. The number of hydrogen-bond donors (Lipinski definition) is 0. The van der Waals surface area contributed by atoms with E-state index in [1.54, 1.807) is 12.4 Å². The molecule has 0 aromatic carbocycles. The zero-order valence-electron chi connectivity index (χ0n) is 7.69. The highest BCUT2D eigenvalue weighted by Gasteiger charge is 2.09. The average Bonchev–Trinajstić information content (AvgIpc) is 2.72. The van der Waals surface area contributed by atoms with Crippen LogP contribution in [0.1, 0.15) is 12.6 Å². The number of aryl methyl sites for hydroxylation is 1. The minimum absolute atomic E-state index is 0.775. The van der Waals surface area contributed by atoms with E-state index in [1.165, 1.54) is 0 Å². The quantitative estimate of drug-likeness (QED) is 0.703. The van der Waals surface area contributed by atoms with Crippen molar-refractivity contribution in [3.05, 3.63) is 24.2 Å². The molecule has 0 amide bonds. The Morgan fingerprint density at radius 1 is 1.54 bits per heavy atom. The Morgan fingerprint density at radius 2 is 2.38 bits per heavy atom. The molecule has 68 valence electrons. The summed E-state index contributed by atoms with van der Waals surface area (Å²) in [6.45, 7) is 4.96. The van der Waals surface area contributed by atoms with Crippen LogP contribution in [0, 0.1) is 6.92 Å². The van der Waals surface area contributed by atoms with Crippen molar-refractivity contribution in [3.63, 3.8) is 0 Å². The molecule has 0 aliphatic carbocycles. The van der Waals surface area contributed by atoms with Gasteiger partial charge in [-0.15, -0.1) is 0 Å². The maximum Gasteiger partial charge on any atom is 0.170 e. The molecule has 0 N–H and O–H groups in total. The lowest BCUT2D eigenvalue weighted by molar-refractivity contribution is 0.432. The molecule has 0 spiro atoms. The van der Waals surface area contributed by atoms with Crippen molar-refractivity contribution >= 4 is 0 Å². The van der Waals surface area contributed by atoms with Gasteiger partial charge in [0.05, 0.1) is 18.0 Å². The Labute approximate surface area is 76.2 Å². The third-order valence-electron chi connectivity index (χ3n) is 2.11. The van der Waals surface area contributed by atoms with Crippen LogP contribution in [-0.4, -0.2) is 14.9 Å². The fourth-order valence-corrected chi connectivity index (χ4v) is 1.36. The van der Waals surface area contributed by atoms with Gasteiger partial charge in [-0.05, 0) is 13.8 Å². The molecule has 0 atom stereocenters. The molecule has 2 heterocycles. The van der Waals surface area contributed by atoms with Crippen molar-refractivity contribution in [2.45, 2.75) is 20.4 Å². The maximum atomic E-state index is 5.05. The zero-order chi connectivity index (χ0) is 9.26. The normalized spacial score (nSPS) is 10.6. The van der Waals surface area contributed by atoms with Crippen LogP contribution in [0.2, 0.25) is 0 Å². The third-order valence-corrected chi connectivity index (χ3v) is 2.11. The van der Waals surface area contributed by atoms with E-state index in [-0.39, 0.29) is 0 Å². The SMILES string of the molecule is CCn1ncc(-c2ccno2)c1C. The minimum atomic E-state index is 0.775. The molecule has 0 bridgehead atoms. The average molecular weight is 177 g/mol. The topological polar surface area (TPSA) is 43.9 Å². The van der Waals surface area contributed by atoms with E-state index in [2.05, 4.69) is 17.2 Å². The molecule has 0 aliphatic rings. The molecule has 0 unspecified atom stereocenters. The monoisotopic (exact) mass is 177 g/mol. The Bertz CT molecular complexity index is 389. The molecule has 4 nitrogen and oxygen atoms in total. The van der Waals surface area contributed by atoms with Gasteiger partial charge in [0.1, 0.15) is 0 Å². The lowest BCUT2D eigenvalue weighted by Crippen LogP contribution is -1.98. The van der Waals surface area contributed by atoms with Gasteiger partial charge in [0, 0.05) is 18.3 Å². The van der Waals surface area contributed by atoms with Crippen LogP contribution in [-0.2, 0) is 6.54 Å². The molecule has 0 saturated carbocycles. The number of rotatable bonds is 2. The summed E-state index contributed by atoms with van der Waals surface area (Å²) < 4.78 is 6.98. The molecule has 2 aromatic heterocycles. The molecule has 0 aliphatic heterocycles. The van der Waals surface area contributed by atoms with Crippen LogP contribution >= 0.6 is 0 Å². The summed E-state index contributed by atoms with van der Waals surface area (Å²) in [6.07, 6.45) is 3.44. The van der Waals surface area contributed by atoms with Crippen LogP contribution in [0.15, 0.2) is 23.0 Å². The summed E-state index contributed by atoms with van der Waals surface area (Å²) in [5.74, 6) is 0.775. The van der Waals surface area contributed by atoms with E-state index in [0.717, 1.165) is 23.6 Å². The number of aromatic nitrogens is 3. The van der Waals surface area contributed by atoms with E-state index < -0.39 is 0 Å². The van der Waals surface area contributed by atoms with Gasteiger partial charge in [-0.25, -0.2) is 0 Å². The van der Waals surface area contributed by atoms with E-state index in [0.29, 0.717) is 0 Å². The first-order valence-electron chi connectivity index (χ1n) is 4.26. The van der Waals surface area contributed by atoms with Crippen LogP contribution < -0.4 is 0 Å². The van der Waals surface area contributed by atoms with Gasteiger partial charge in [0.15, 0.2) is 5.76 Å². The second kappa shape index (κ2) is 3.05. The van der Waals surface area contributed by atoms with Gasteiger partial charge in [-0.1, -0.05) is 5.16 Å².